The maximum absolute atomic E-state index is 12.2. The molecule has 0 saturated carbocycles. The average molecular weight is 346 g/mol. The molecule has 0 radical (unpaired) electrons. The molecular weight excluding hydrogens is 320 g/mol. The first kappa shape index (κ1) is 19.0. The van der Waals surface area contributed by atoms with Gasteiger partial charge >= 0.3 is 6.03 Å². The molecule has 0 spiro atoms. The van der Waals surface area contributed by atoms with Crippen LogP contribution in [0, 0.1) is 13.8 Å². The molecule has 136 valence electrons. The van der Waals surface area contributed by atoms with Gasteiger partial charge in [-0.15, -0.1) is 0 Å². The van der Waals surface area contributed by atoms with Crippen molar-refractivity contribution in [2.75, 3.05) is 25.6 Å². The Labute approximate surface area is 148 Å². The van der Waals surface area contributed by atoms with E-state index in [-0.39, 0.29) is 12.1 Å². The van der Waals surface area contributed by atoms with Crippen LogP contribution in [0.3, 0.4) is 0 Å². The van der Waals surface area contributed by atoms with E-state index >= 15 is 0 Å². The molecule has 2 aromatic rings. The predicted octanol–water partition coefficient (Wildman–Crippen LogP) is 3.94. The Morgan fingerprint density at radius 1 is 1.24 bits per heavy atom. The molecule has 2 N–H and O–H groups in total. The highest BCUT2D eigenvalue weighted by atomic mass is 16.5. The van der Waals surface area contributed by atoms with Crippen molar-refractivity contribution in [1.82, 2.24) is 5.32 Å². The molecule has 6 nitrogen and oxygen atoms in total. The Bertz CT molecular complexity index is 696. The van der Waals surface area contributed by atoms with Crippen LogP contribution in [0.2, 0.25) is 0 Å². The number of methoxy groups -OCH3 is 1. The Hall–Kier alpha value is -2.31. The standard InChI is InChI=1S/C19H26N2O4/c1-13-10-18(15(3)25-13)14(2)20-19(22)21-17-7-5-6-16(11-17)12-24-9-8-23-4/h5-7,10-11,14H,8-9,12H2,1-4H3,(H2,20,21,22)/t14-/m1/s1. The normalized spacial score (nSPS) is 12.0. The molecule has 0 aliphatic carbocycles. The van der Waals surface area contributed by atoms with E-state index in [2.05, 4.69) is 10.6 Å². The lowest BCUT2D eigenvalue weighted by Crippen LogP contribution is -2.31. The van der Waals surface area contributed by atoms with E-state index in [9.17, 15) is 4.79 Å². The van der Waals surface area contributed by atoms with Gasteiger partial charge in [0.1, 0.15) is 11.5 Å². The summed E-state index contributed by atoms with van der Waals surface area (Å²) in [5, 5.41) is 5.77. The minimum atomic E-state index is -0.261. The van der Waals surface area contributed by atoms with Gasteiger partial charge in [0, 0.05) is 18.4 Å². The fourth-order valence-electron chi connectivity index (χ4n) is 2.59. The van der Waals surface area contributed by atoms with Crippen LogP contribution in [0.5, 0.6) is 0 Å². The topological polar surface area (TPSA) is 72.7 Å². The zero-order valence-electron chi connectivity index (χ0n) is 15.2. The third-order valence-corrected chi connectivity index (χ3v) is 3.78. The van der Waals surface area contributed by atoms with Gasteiger partial charge in [-0.25, -0.2) is 4.79 Å². The summed E-state index contributed by atoms with van der Waals surface area (Å²) in [6, 6.07) is 9.12. The molecule has 2 amide bonds. The van der Waals surface area contributed by atoms with Crippen molar-refractivity contribution < 1.29 is 18.7 Å². The number of anilines is 1. The van der Waals surface area contributed by atoms with Gasteiger partial charge in [-0.1, -0.05) is 12.1 Å². The van der Waals surface area contributed by atoms with Gasteiger partial charge in [0.05, 0.1) is 25.9 Å². The number of rotatable bonds is 8. The summed E-state index contributed by atoms with van der Waals surface area (Å²) >= 11 is 0. The summed E-state index contributed by atoms with van der Waals surface area (Å²) < 4.78 is 15.9. The molecule has 1 aromatic heterocycles. The lowest BCUT2D eigenvalue weighted by molar-refractivity contribution is 0.0617. The molecule has 2 rings (SSSR count). The molecule has 1 aromatic carbocycles. The maximum Gasteiger partial charge on any atom is 0.319 e. The lowest BCUT2D eigenvalue weighted by Gasteiger charge is -2.14. The van der Waals surface area contributed by atoms with Gasteiger partial charge in [-0.2, -0.15) is 0 Å². The first-order valence-corrected chi connectivity index (χ1v) is 8.29. The quantitative estimate of drug-likeness (QED) is 0.710. The summed E-state index contributed by atoms with van der Waals surface area (Å²) in [7, 11) is 1.64. The van der Waals surface area contributed by atoms with Crippen molar-refractivity contribution >= 4 is 11.7 Å². The van der Waals surface area contributed by atoms with Crippen molar-refractivity contribution in [1.29, 1.82) is 0 Å². The van der Waals surface area contributed by atoms with Crippen molar-refractivity contribution in [3.63, 3.8) is 0 Å². The Morgan fingerprint density at radius 2 is 2.04 bits per heavy atom. The molecule has 0 aliphatic heterocycles. The van der Waals surface area contributed by atoms with Crippen LogP contribution < -0.4 is 10.6 Å². The molecule has 0 saturated heterocycles. The number of aryl methyl sites for hydroxylation is 2. The van der Waals surface area contributed by atoms with E-state index in [1.165, 1.54) is 0 Å². The fourth-order valence-corrected chi connectivity index (χ4v) is 2.59. The van der Waals surface area contributed by atoms with Crippen LogP contribution in [-0.2, 0) is 16.1 Å². The number of carbonyl (C=O) groups is 1. The van der Waals surface area contributed by atoms with Crippen LogP contribution in [0.25, 0.3) is 0 Å². The maximum atomic E-state index is 12.2. The summed E-state index contributed by atoms with van der Waals surface area (Å²) in [6.07, 6.45) is 0. The van der Waals surface area contributed by atoms with E-state index < -0.39 is 0 Å². The second-order valence-electron chi connectivity index (χ2n) is 5.93. The van der Waals surface area contributed by atoms with Gasteiger partial charge in [-0.05, 0) is 44.5 Å². The fraction of sp³-hybridized carbons (Fsp3) is 0.421. The average Bonchev–Trinajstić information content (AvgIpc) is 2.90. The number of nitrogens with one attached hydrogen (secondary N) is 2. The first-order valence-electron chi connectivity index (χ1n) is 8.29. The number of urea groups is 1. The minimum Gasteiger partial charge on any atom is -0.466 e. The third kappa shape index (κ3) is 5.92. The second-order valence-corrected chi connectivity index (χ2v) is 5.93. The molecule has 0 unspecified atom stereocenters. The minimum absolute atomic E-state index is 0.141. The van der Waals surface area contributed by atoms with Crippen molar-refractivity contribution in [3.05, 3.63) is 53.0 Å². The van der Waals surface area contributed by atoms with Crippen molar-refractivity contribution in [2.45, 2.75) is 33.4 Å². The van der Waals surface area contributed by atoms with E-state index in [0.717, 1.165) is 28.3 Å². The molecule has 0 aliphatic rings. The molecule has 1 heterocycles. The summed E-state index contributed by atoms with van der Waals surface area (Å²) in [4.78, 5) is 12.2. The highest BCUT2D eigenvalue weighted by Gasteiger charge is 2.15. The highest BCUT2D eigenvalue weighted by molar-refractivity contribution is 5.89. The van der Waals surface area contributed by atoms with Gasteiger partial charge in [-0.3, -0.25) is 0 Å². The lowest BCUT2D eigenvalue weighted by atomic mass is 10.1. The number of amides is 2. The Kier molecular flexibility index (Phi) is 7.03. The number of ether oxygens (including phenoxy) is 2. The summed E-state index contributed by atoms with van der Waals surface area (Å²) in [6.45, 7) is 7.29. The highest BCUT2D eigenvalue weighted by Crippen LogP contribution is 2.21. The Morgan fingerprint density at radius 3 is 2.72 bits per heavy atom. The van der Waals surface area contributed by atoms with Gasteiger partial charge in [0.15, 0.2) is 0 Å². The van der Waals surface area contributed by atoms with Crippen LogP contribution in [-0.4, -0.2) is 26.4 Å². The summed E-state index contributed by atoms with van der Waals surface area (Å²) in [5.41, 5.74) is 2.69. The molecule has 1 atom stereocenters. The van der Waals surface area contributed by atoms with E-state index in [0.29, 0.717) is 19.8 Å². The van der Waals surface area contributed by atoms with Gasteiger partial charge in [0.2, 0.25) is 0 Å². The van der Waals surface area contributed by atoms with Crippen LogP contribution in [0.1, 0.15) is 35.6 Å². The number of hydrogen-bond acceptors (Lipinski definition) is 4. The zero-order chi connectivity index (χ0) is 18.2. The second kappa shape index (κ2) is 9.25. The van der Waals surface area contributed by atoms with E-state index in [4.69, 9.17) is 13.9 Å². The molecule has 6 heteroatoms. The number of carbonyl (C=O) groups excluding carboxylic acids is 1. The molecule has 0 fully saturated rings. The van der Waals surface area contributed by atoms with E-state index in [1.807, 2.05) is 51.1 Å². The largest absolute Gasteiger partial charge is 0.466 e. The SMILES string of the molecule is COCCOCc1cccc(NC(=O)N[C@H](C)c2cc(C)oc2C)c1. The van der Waals surface area contributed by atoms with E-state index in [1.54, 1.807) is 7.11 Å². The van der Waals surface area contributed by atoms with Crippen LogP contribution >= 0.6 is 0 Å². The van der Waals surface area contributed by atoms with Gasteiger partial charge in [0.25, 0.3) is 0 Å². The Balaban J connectivity index is 1.88. The van der Waals surface area contributed by atoms with Crippen molar-refractivity contribution in [3.8, 4) is 0 Å². The molecule has 25 heavy (non-hydrogen) atoms. The van der Waals surface area contributed by atoms with Crippen molar-refractivity contribution in [2.24, 2.45) is 0 Å². The smallest absolute Gasteiger partial charge is 0.319 e. The zero-order valence-corrected chi connectivity index (χ0v) is 15.2. The van der Waals surface area contributed by atoms with Crippen LogP contribution in [0.15, 0.2) is 34.7 Å². The molecule has 0 bridgehead atoms. The predicted molar refractivity (Wildman–Crippen MR) is 96.7 cm³/mol. The summed E-state index contributed by atoms with van der Waals surface area (Å²) in [5.74, 6) is 1.66. The first-order chi connectivity index (χ1) is 12.0. The number of furan rings is 1. The molecular formula is C19H26N2O4. The van der Waals surface area contributed by atoms with Crippen LogP contribution in [0.4, 0.5) is 10.5 Å². The van der Waals surface area contributed by atoms with Gasteiger partial charge < -0.3 is 24.5 Å². The third-order valence-electron chi connectivity index (χ3n) is 3.78. The monoisotopic (exact) mass is 346 g/mol. The number of hydrogen-bond donors (Lipinski definition) is 2. The number of benzene rings is 1.